The van der Waals surface area contributed by atoms with Crippen molar-refractivity contribution in [3.05, 3.63) is 66.0 Å². The first-order valence-corrected chi connectivity index (χ1v) is 16.7. The van der Waals surface area contributed by atoms with Gasteiger partial charge in [0, 0.05) is 32.6 Å². The molecule has 0 aliphatic carbocycles. The lowest BCUT2D eigenvalue weighted by atomic mass is 9.95. The summed E-state index contributed by atoms with van der Waals surface area (Å²) in [7, 11) is -2.22. The molecule has 44 heavy (non-hydrogen) atoms. The molecule has 3 amide bonds. The van der Waals surface area contributed by atoms with Crippen molar-refractivity contribution in [2.75, 3.05) is 38.3 Å². The van der Waals surface area contributed by atoms with E-state index in [2.05, 4.69) is 26.3 Å². The van der Waals surface area contributed by atoms with Gasteiger partial charge in [-0.2, -0.15) is 0 Å². The lowest BCUT2D eigenvalue weighted by Gasteiger charge is -2.32. The third-order valence-electron chi connectivity index (χ3n) is 6.79. The molecule has 13 heteroatoms. The second-order valence-corrected chi connectivity index (χ2v) is 13.3. The van der Waals surface area contributed by atoms with Gasteiger partial charge < -0.3 is 31.1 Å². The van der Waals surface area contributed by atoms with E-state index < -0.39 is 57.5 Å². The molecule has 1 heterocycles. The van der Waals surface area contributed by atoms with Gasteiger partial charge >= 0.3 is 0 Å². The van der Waals surface area contributed by atoms with E-state index in [9.17, 15) is 27.9 Å². The van der Waals surface area contributed by atoms with Gasteiger partial charge in [0.15, 0.2) is 9.84 Å². The number of rotatable bonds is 20. The summed E-state index contributed by atoms with van der Waals surface area (Å²) in [5, 5.41) is 22.7. The number of nitrogens with one attached hydrogen (secondary N) is 4. The number of nitrogens with zero attached hydrogens (tertiary/aromatic N) is 1. The number of hydrogen-bond acceptors (Lipinski definition) is 9. The molecular weight excluding hydrogens is 586 g/mol. The number of sulfone groups is 1. The number of carbonyl (C=O) groups is 3. The molecule has 2 rings (SSSR count). The molecule has 0 saturated carbocycles. The van der Waals surface area contributed by atoms with Gasteiger partial charge in [0.05, 0.1) is 35.8 Å². The van der Waals surface area contributed by atoms with E-state index in [1.54, 1.807) is 6.07 Å². The van der Waals surface area contributed by atoms with Crippen molar-refractivity contribution in [3.63, 3.8) is 0 Å². The van der Waals surface area contributed by atoms with E-state index in [0.717, 1.165) is 5.56 Å². The number of unbranched alkanes of at least 4 members (excludes halogenated alkanes) is 1. The minimum Gasteiger partial charge on any atom is -0.389 e. The van der Waals surface area contributed by atoms with Crippen molar-refractivity contribution in [1.82, 2.24) is 26.3 Å². The summed E-state index contributed by atoms with van der Waals surface area (Å²) >= 11 is 0. The van der Waals surface area contributed by atoms with Crippen LogP contribution in [-0.4, -0.2) is 98.8 Å². The Kier molecular flexibility index (Phi) is 16.0. The Hall–Kier alpha value is -3.39. The van der Waals surface area contributed by atoms with Crippen molar-refractivity contribution < 1.29 is 32.6 Å². The van der Waals surface area contributed by atoms with Crippen LogP contribution in [0.4, 0.5) is 0 Å². The molecule has 0 fully saturated rings. The average Bonchev–Trinajstić information content (AvgIpc) is 3.00. The normalized spacial score (nSPS) is 14.3. The number of aliphatic hydroxyl groups is 1. The second kappa shape index (κ2) is 19.1. The lowest BCUT2D eigenvalue weighted by molar-refractivity contribution is -0.129. The van der Waals surface area contributed by atoms with Crippen LogP contribution in [0.1, 0.15) is 49.5 Å². The van der Waals surface area contributed by atoms with E-state index in [-0.39, 0.29) is 36.8 Å². The molecule has 1 aromatic carbocycles. The number of pyridine rings is 1. The third-order valence-corrected chi connectivity index (χ3v) is 8.54. The summed E-state index contributed by atoms with van der Waals surface area (Å²) in [6.07, 6.45) is 2.53. The third kappa shape index (κ3) is 13.1. The van der Waals surface area contributed by atoms with Crippen LogP contribution in [-0.2, 0) is 30.6 Å². The van der Waals surface area contributed by atoms with E-state index in [1.165, 1.54) is 25.6 Å². The predicted octanol–water partition coefficient (Wildman–Crippen LogP) is 0.860. The van der Waals surface area contributed by atoms with Gasteiger partial charge in [-0.25, -0.2) is 8.42 Å². The maximum atomic E-state index is 13.8. The second-order valence-electron chi connectivity index (χ2n) is 11.1. The van der Waals surface area contributed by atoms with Crippen LogP contribution in [0.25, 0.3) is 0 Å². The molecule has 1 unspecified atom stereocenters. The molecule has 0 aliphatic rings. The molecule has 244 valence electrons. The zero-order valence-electron chi connectivity index (χ0n) is 26.0. The van der Waals surface area contributed by atoms with Crippen LogP contribution in [0.2, 0.25) is 0 Å². The quantitative estimate of drug-likeness (QED) is 0.132. The van der Waals surface area contributed by atoms with Crippen LogP contribution >= 0.6 is 0 Å². The highest BCUT2D eigenvalue weighted by Gasteiger charge is 2.36. The summed E-state index contributed by atoms with van der Waals surface area (Å²) in [6.45, 7) is 6.64. The van der Waals surface area contributed by atoms with Crippen LogP contribution in [0.5, 0.6) is 0 Å². The van der Waals surface area contributed by atoms with Crippen molar-refractivity contribution >= 4 is 27.6 Å². The van der Waals surface area contributed by atoms with E-state index in [1.807, 2.05) is 51.1 Å². The standard InChI is InChI=1S/C31H47N5O7S/c1-5-6-17-44(41,42)21-26(36-29(38)24-13-10-14-32-20-24)30(39)35-25(18-23-11-8-7-9-12-23)28(37)27(33-15-16-43-4)31(40)34-19-22(2)3/h7-14,20,22,25-28,33,37H,5-6,15-19,21H2,1-4H3,(H,34,40)(H,35,39)(H,36,38)/t25-,26?,27+,28+/m0/s1. The number of aliphatic hydroxyl groups excluding tert-OH is 1. The van der Waals surface area contributed by atoms with E-state index >= 15 is 0 Å². The van der Waals surface area contributed by atoms with Crippen LogP contribution < -0.4 is 21.3 Å². The van der Waals surface area contributed by atoms with Gasteiger partial charge in [-0.05, 0) is 36.5 Å². The minimum absolute atomic E-state index is 0.125. The molecule has 5 N–H and O–H groups in total. The molecule has 0 spiro atoms. The number of amides is 3. The fraction of sp³-hybridized carbons (Fsp3) is 0.548. The number of hydrogen-bond donors (Lipinski definition) is 5. The highest BCUT2D eigenvalue weighted by atomic mass is 32.2. The number of carbonyl (C=O) groups excluding carboxylic acids is 3. The Morgan fingerprint density at radius 2 is 1.75 bits per heavy atom. The Morgan fingerprint density at radius 1 is 1.02 bits per heavy atom. The molecule has 2 aromatic rings. The van der Waals surface area contributed by atoms with Gasteiger partial charge in [0.25, 0.3) is 5.91 Å². The minimum atomic E-state index is -3.73. The van der Waals surface area contributed by atoms with Gasteiger partial charge in [0.1, 0.15) is 12.1 Å². The Balaban J connectivity index is 2.41. The monoisotopic (exact) mass is 633 g/mol. The highest BCUT2D eigenvalue weighted by molar-refractivity contribution is 7.91. The van der Waals surface area contributed by atoms with Gasteiger partial charge in [-0.1, -0.05) is 57.5 Å². The highest BCUT2D eigenvalue weighted by Crippen LogP contribution is 2.12. The number of benzene rings is 1. The topological polar surface area (TPSA) is 176 Å². The van der Waals surface area contributed by atoms with Gasteiger partial charge in [-0.3, -0.25) is 19.4 Å². The van der Waals surface area contributed by atoms with Crippen LogP contribution in [0, 0.1) is 5.92 Å². The molecular formula is C31H47N5O7S. The maximum absolute atomic E-state index is 13.8. The Labute approximate surface area is 260 Å². The Morgan fingerprint density at radius 3 is 2.36 bits per heavy atom. The fourth-order valence-electron chi connectivity index (χ4n) is 4.36. The molecule has 0 aliphatic heterocycles. The lowest BCUT2D eigenvalue weighted by Crippen LogP contribution is -2.62. The summed E-state index contributed by atoms with van der Waals surface area (Å²) in [5.74, 6) is -2.55. The predicted molar refractivity (Wildman–Crippen MR) is 169 cm³/mol. The fourth-order valence-corrected chi connectivity index (χ4v) is 6.00. The number of ether oxygens (including phenoxy) is 1. The average molecular weight is 634 g/mol. The summed E-state index contributed by atoms with van der Waals surface area (Å²) in [5.41, 5.74) is 0.919. The SMILES string of the molecule is CCCCS(=O)(=O)CC(NC(=O)c1cccnc1)C(=O)N[C@@H](Cc1ccccc1)[C@@H](O)[C@@H](NCCOC)C(=O)NCC(C)C. The molecule has 1 aromatic heterocycles. The molecule has 4 atom stereocenters. The first-order chi connectivity index (χ1) is 21.0. The summed E-state index contributed by atoms with van der Waals surface area (Å²) in [4.78, 5) is 43.9. The van der Waals surface area contributed by atoms with Crippen molar-refractivity contribution in [3.8, 4) is 0 Å². The van der Waals surface area contributed by atoms with Crippen molar-refractivity contribution in [1.29, 1.82) is 0 Å². The zero-order chi connectivity index (χ0) is 32.5. The first-order valence-electron chi connectivity index (χ1n) is 14.9. The molecule has 0 saturated heterocycles. The van der Waals surface area contributed by atoms with Gasteiger partial charge in [-0.15, -0.1) is 0 Å². The molecule has 12 nitrogen and oxygen atoms in total. The van der Waals surface area contributed by atoms with Crippen LogP contribution in [0.15, 0.2) is 54.9 Å². The summed E-state index contributed by atoms with van der Waals surface area (Å²) in [6, 6.07) is 8.48. The summed E-state index contributed by atoms with van der Waals surface area (Å²) < 4.78 is 31.0. The zero-order valence-corrected chi connectivity index (χ0v) is 26.8. The van der Waals surface area contributed by atoms with Crippen molar-refractivity contribution in [2.45, 2.75) is 64.3 Å². The molecule has 0 bridgehead atoms. The van der Waals surface area contributed by atoms with Crippen molar-refractivity contribution in [2.24, 2.45) is 5.92 Å². The maximum Gasteiger partial charge on any atom is 0.253 e. The number of methoxy groups -OCH3 is 1. The van der Waals surface area contributed by atoms with E-state index in [0.29, 0.717) is 19.4 Å². The number of aromatic nitrogens is 1. The first kappa shape index (κ1) is 36.8. The smallest absolute Gasteiger partial charge is 0.253 e. The van der Waals surface area contributed by atoms with Gasteiger partial charge in [0.2, 0.25) is 11.8 Å². The molecule has 0 radical (unpaired) electrons. The van der Waals surface area contributed by atoms with E-state index in [4.69, 9.17) is 4.74 Å². The van der Waals surface area contributed by atoms with Crippen LogP contribution in [0.3, 0.4) is 0 Å². The largest absolute Gasteiger partial charge is 0.389 e. The Bertz CT molecular complexity index is 1260.